The van der Waals surface area contributed by atoms with Crippen LogP contribution < -0.4 is 5.73 Å². The summed E-state index contributed by atoms with van der Waals surface area (Å²) >= 11 is 0. The average Bonchev–Trinajstić information content (AvgIpc) is 2.19. The maximum absolute atomic E-state index is 5.52. The summed E-state index contributed by atoms with van der Waals surface area (Å²) in [4.78, 5) is 11.9. The van der Waals surface area contributed by atoms with Crippen LogP contribution in [0.1, 0.15) is 0 Å². The van der Waals surface area contributed by atoms with E-state index < -0.39 is 0 Å². The van der Waals surface area contributed by atoms with E-state index in [-0.39, 0.29) is 0 Å². The number of hydrogen-bond acceptors (Lipinski definition) is 4. The summed E-state index contributed by atoms with van der Waals surface area (Å²) in [6, 6.07) is 5.50. The van der Waals surface area contributed by atoms with Crippen LogP contribution in [0.3, 0.4) is 0 Å². The monoisotopic (exact) mass is 172 g/mol. The zero-order valence-corrected chi connectivity index (χ0v) is 6.88. The maximum atomic E-state index is 5.52. The molecule has 0 atom stereocenters. The Labute approximate surface area is 75.5 Å². The first-order valence-electron chi connectivity index (χ1n) is 3.84. The molecular weight excluding hydrogens is 164 g/mol. The maximum Gasteiger partial charge on any atom is 0.127 e. The van der Waals surface area contributed by atoms with Gasteiger partial charge in [0, 0.05) is 24.0 Å². The minimum atomic E-state index is 0.467. The highest BCUT2D eigenvalue weighted by Gasteiger charge is 1.98. The van der Waals surface area contributed by atoms with Gasteiger partial charge in [0.05, 0.1) is 5.69 Å². The van der Waals surface area contributed by atoms with Gasteiger partial charge in [-0.3, -0.25) is 4.98 Å². The van der Waals surface area contributed by atoms with Crippen LogP contribution in [-0.4, -0.2) is 15.0 Å². The van der Waals surface area contributed by atoms with E-state index in [2.05, 4.69) is 15.0 Å². The number of pyridine rings is 1. The van der Waals surface area contributed by atoms with E-state index in [4.69, 9.17) is 5.73 Å². The molecule has 0 aliphatic carbocycles. The highest BCUT2D eigenvalue weighted by molar-refractivity contribution is 5.59. The van der Waals surface area contributed by atoms with E-state index in [0.717, 1.165) is 11.3 Å². The van der Waals surface area contributed by atoms with Gasteiger partial charge in [0.1, 0.15) is 12.1 Å². The minimum Gasteiger partial charge on any atom is -0.384 e. The molecule has 0 bridgehead atoms. The number of aromatic nitrogens is 3. The molecule has 2 aromatic rings. The van der Waals surface area contributed by atoms with Crippen molar-refractivity contribution in [3.8, 4) is 11.3 Å². The number of nitrogen functional groups attached to an aromatic ring is 1. The Balaban J connectivity index is 2.48. The van der Waals surface area contributed by atoms with E-state index in [1.54, 1.807) is 18.5 Å². The molecule has 2 aromatic heterocycles. The third kappa shape index (κ3) is 1.61. The van der Waals surface area contributed by atoms with Crippen molar-refractivity contribution in [2.24, 2.45) is 0 Å². The lowest BCUT2D eigenvalue weighted by molar-refractivity contribution is 1.17. The predicted octanol–water partition coefficient (Wildman–Crippen LogP) is 1.12. The molecule has 0 aliphatic heterocycles. The van der Waals surface area contributed by atoms with Gasteiger partial charge in [-0.15, -0.1) is 0 Å². The number of nitrogens with two attached hydrogens (primary N) is 1. The molecule has 0 saturated heterocycles. The summed E-state index contributed by atoms with van der Waals surface area (Å²) in [6.45, 7) is 0. The fraction of sp³-hybridized carbons (Fsp3) is 0. The van der Waals surface area contributed by atoms with Crippen molar-refractivity contribution in [2.75, 3.05) is 5.73 Å². The molecule has 0 unspecified atom stereocenters. The van der Waals surface area contributed by atoms with E-state index in [1.807, 2.05) is 12.1 Å². The van der Waals surface area contributed by atoms with Gasteiger partial charge in [0.2, 0.25) is 0 Å². The molecule has 0 aromatic carbocycles. The van der Waals surface area contributed by atoms with Crippen LogP contribution in [0, 0.1) is 0 Å². The van der Waals surface area contributed by atoms with Crippen LogP contribution in [0.4, 0.5) is 5.82 Å². The molecule has 2 N–H and O–H groups in total. The molecule has 13 heavy (non-hydrogen) atoms. The van der Waals surface area contributed by atoms with Gasteiger partial charge in [-0.1, -0.05) is 0 Å². The van der Waals surface area contributed by atoms with Crippen LogP contribution in [0.25, 0.3) is 11.3 Å². The third-order valence-electron chi connectivity index (χ3n) is 1.65. The largest absolute Gasteiger partial charge is 0.384 e. The van der Waals surface area contributed by atoms with Gasteiger partial charge in [0.15, 0.2) is 0 Å². The summed E-state index contributed by atoms with van der Waals surface area (Å²) in [7, 11) is 0. The second kappa shape index (κ2) is 3.18. The molecule has 0 aliphatic rings. The van der Waals surface area contributed by atoms with Crippen molar-refractivity contribution < 1.29 is 0 Å². The molecule has 0 spiro atoms. The van der Waals surface area contributed by atoms with Crippen molar-refractivity contribution in [3.05, 3.63) is 36.9 Å². The second-order valence-electron chi connectivity index (χ2n) is 2.57. The third-order valence-corrected chi connectivity index (χ3v) is 1.65. The van der Waals surface area contributed by atoms with Crippen molar-refractivity contribution in [1.82, 2.24) is 15.0 Å². The zero-order chi connectivity index (χ0) is 9.10. The molecule has 0 amide bonds. The van der Waals surface area contributed by atoms with Crippen molar-refractivity contribution in [3.63, 3.8) is 0 Å². The Morgan fingerprint density at radius 1 is 1.23 bits per heavy atom. The van der Waals surface area contributed by atoms with Gasteiger partial charge < -0.3 is 5.73 Å². The van der Waals surface area contributed by atoms with Crippen LogP contribution in [-0.2, 0) is 0 Å². The summed E-state index contributed by atoms with van der Waals surface area (Å²) in [5, 5.41) is 0. The number of anilines is 1. The van der Waals surface area contributed by atoms with Crippen LogP contribution in [0.15, 0.2) is 36.9 Å². The lowest BCUT2D eigenvalue weighted by atomic mass is 10.2. The highest BCUT2D eigenvalue weighted by Crippen LogP contribution is 2.15. The van der Waals surface area contributed by atoms with Gasteiger partial charge in [-0.2, -0.15) is 0 Å². The van der Waals surface area contributed by atoms with Crippen LogP contribution in [0.5, 0.6) is 0 Å². The lowest BCUT2D eigenvalue weighted by Gasteiger charge is -1.98. The zero-order valence-electron chi connectivity index (χ0n) is 6.88. The Hall–Kier alpha value is -1.97. The van der Waals surface area contributed by atoms with Crippen molar-refractivity contribution >= 4 is 5.82 Å². The Bertz CT molecular complexity index is 399. The van der Waals surface area contributed by atoms with Crippen LogP contribution in [0.2, 0.25) is 0 Å². The Kier molecular flexibility index (Phi) is 1.88. The van der Waals surface area contributed by atoms with Crippen molar-refractivity contribution in [2.45, 2.75) is 0 Å². The van der Waals surface area contributed by atoms with Crippen LogP contribution >= 0.6 is 0 Å². The quantitative estimate of drug-likeness (QED) is 0.700. The summed E-state index contributed by atoms with van der Waals surface area (Å²) < 4.78 is 0. The molecule has 0 radical (unpaired) electrons. The van der Waals surface area contributed by atoms with Gasteiger partial charge in [-0.25, -0.2) is 9.97 Å². The first kappa shape index (κ1) is 7.67. The molecule has 2 heterocycles. The predicted molar refractivity (Wildman–Crippen MR) is 49.7 cm³/mol. The second-order valence-corrected chi connectivity index (χ2v) is 2.57. The molecular formula is C9H8N4. The summed E-state index contributed by atoms with van der Waals surface area (Å²) in [6.07, 6.45) is 4.90. The molecule has 4 heteroatoms. The van der Waals surface area contributed by atoms with Gasteiger partial charge in [0.25, 0.3) is 0 Å². The molecule has 0 fully saturated rings. The van der Waals surface area contributed by atoms with Gasteiger partial charge in [-0.05, 0) is 12.1 Å². The Morgan fingerprint density at radius 3 is 2.85 bits per heavy atom. The average molecular weight is 172 g/mol. The number of nitrogens with zero attached hydrogens (tertiary/aromatic N) is 3. The van der Waals surface area contributed by atoms with E-state index >= 15 is 0 Å². The fourth-order valence-electron chi connectivity index (χ4n) is 1.04. The van der Waals surface area contributed by atoms with E-state index in [0.29, 0.717) is 5.82 Å². The smallest absolute Gasteiger partial charge is 0.127 e. The topological polar surface area (TPSA) is 64.7 Å². The molecule has 0 saturated carbocycles. The minimum absolute atomic E-state index is 0.467. The first-order valence-corrected chi connectivity index (χ1v) is 3.84. The normalized spacial score (nSPS) is 9.85. The summed E-state index contributed by atoms with van der Waals surface area (Å²) in [5.74, 6) is 0.467. The first-order chi connectivity index (χ1) is 6.36. The lowest BCUT2D eigenvalue weighted by Crippen LogP contribution is -1.92. The molecule has 64 valence electrons. The number of rotatable bonds is 1. The Morgan fingerprint density at radius 2 is 2.15 bits per heavy atom. The van der Waals surface area contributed by atoms with Gasteiger partial charge >= 0.3 is 0 Å². The fourth-order valence-corrected chi connectivity index (χ4v) is 1.04. The standard InChI is InChI=1S/C9H8N4/c10-9-4-8(12-6-13-9)7-2-1-3-11-5-7/h1-6H,(H2,10,12,13). The summed E-state index contributed by atoms with van der Waals surface area (Å²) in [5.41, 5.74) is 7.26. The SMILES string of the molecule is Nc1cc(-c2cccnc2)ncn1. The highest BCUT2D eigenvalue weighted by atomic mass is 14.9. The van der Waals surface area contributed by atoms with Crippen molar-refractivity contribution in [1.29, 1.82) is 0 Å². The van der Waals surface area contributed by atoms with E-state index in [1.165, 1.54) is 6.33 Å². The molecule has 2 rings (SSSR count). The molecule has 4 nitrogen and oxygen atoms in total. The number of hydrogen-bond donors (Lipinski definition) is 1. The van der Waals surface area contributed by atoms with E-state index in [9.17, 15) is 0 Å².